The summed E-state index contributed by atoms with van der Waals surface area (Å²) in [6.45, 7) is 1.86. The van der Waals surface area contributed by atoms with E-state index >= 15 is 0 Å². The topological polar surface area (TPSA) is 62.0 Å². The van der Waals surface area contributed by atoms with E-state index in [4.69, 9.17) is 5.11 Å². The molecule has 1 aromatic carbocycles. The summed E-state index contributed by atoms with van der Waals surface area (Å²) in [5.41, 5.74) is 1.74. The van der Waals surface area contributed by atoms with Crippen LogP contribution in [-0.2, 0) is 0 Å². The van der Waals surface area contributed by atoms with E-state index in [9.17, 15) is 4.79 Å². The van der Waals surface area contributed by atoms with Crippen molar-refractivity contribution in [1.82, 2.24) is 0 Å². The van der Waals surface area contributed by atoms with Gasteiger partial charge in [0.1, 0.15) is 0 Å². The molecule has 0 aliphatic heterocycles. The first-order chi connectivity index (χ1) is 6.15. The van der Waals surface area contributed by atoms with Crippen LogP contribution in [0.5, 0.6) is 0 Å². The van der Waals surface area contributed by atoms with E-state index < -0.39 is 5.97 Å². The number of aromatic carboxylic acids is 1. The first kappa shape index (κ1) is 9.38. The Morgan fingerprint density at radius 1 is 1.46 bits per heavy atom. The number of carbonyl (C=O) groups is 1. The Bertz CT molecular complexity index is 359. The van der Waals surface area contributed by atoms with Crippen LogP contribution in [0, 0.1) is 6.92 Å². The number of nitrogens with zero attached hydrogens (tertiary/aromatic N) is 2. The number of azo groups is 1. The Morgan fingerprint density at radius 3 is 2.69 bits per heavy atom. The smallest absolute Gasteiger partial charge is 0.335 e. The third-order valence-corrected chi connectivity index (χ3v) is 1.66. The average molecular weight is 178 g/mol. The molecule has 68 valence electrons. The normalized spacial score (nSPS) is 10.6. The van der Waals surface area contributed by atoms with Crippen LogP contribution in [0.3, 0.4) is 0 Å². The highest BCUT2D eigenvalue weighted by Crippen LogP contribution is 2.20. The van der Waals surface area contributed by atoms with Crippen molar-refractivity contribution in [3.63, 3.8) is 0 Å². The highest BCUT2D eigenvalue weighted by molar-refractivity contribution is 5.88. The van der Waals surface area contributed by atoms with Gasteiger partial charge in [-0.3, -0.25) is 0 Å². The Kier molecular flexibility index (Phi) is 2.74. The fourth-order valence-electron chi connectivity index (χ4n) is 0.958. The maximum atomic E-state index is 10.6. The second-order valence-electron chi connectivity index (χ2n) is 2.61. The van der Waals surface area contributed by atoms with Crippen molar-refractivity contribution in [2.45, 2.75) is 6.92 Å². The predicted octanol–water partition coefficient (Wildman–Crippen LogP) is 2.41. The molecule has 0 aliphatic carbocycles. The van der Waals surface area contributed by atoms with Gasteiger partial charge < -0.3 is 5.11 Å². The predicted molar refractivity (Wildman–Crippen MR) is 48.6 cm³/mol. The quantitative estimate of drug-likeness (QED) is 0.707. The summed E-state index contributed by atoms with van der Waals surface area (Å²) < 4.78 is 0. The van der Waals surface area contributed by atoms with Crippen molar-refractivity contribution >= 4 is 11.7 Å². The number of aryl methyl sites for hydroxylation is 1. The lowest BCUT2D eigenvalue weighted by molar-refractivity contribution is 0.0697. The van der Waals surface area contributed by atoms with E-state index in [-0.39, 0.29) is 5.56 Å². The zero-order valence-corrected chi connectivity index (χ0v) is 7.48. The molecule has 0 spiro atoms. The molecule has 0 aliphatic rings. The number of benzene rings is 1. The summed E-state index contributed by atoms with van der Waals surface area (Å²) >= 11 is 0. The van der Waals surface area contributed by atoms with E-state index in [0.29, 0.717) is 5.69 Å². The minimum atomic E-state index is -0.951. The highest BCUT2D eigenvalue weighted by atomic mass is 16.4. The summed E-state index contributed by atoms with van der Waals surface area (Å²) in [7, 11) is 1.55. The molecule has 4 heteroatoms. The first-order valence-corrected chi connectivity index (χ1v) is 3.79. The molecule has 1 aromatic rings. The fraction of sp³-hybridized carbons (Fsp3) is 0.222. The summed E-state index contributed by atoms with van der Waals surface area (Å²) in [4.78, 5) is 10.6. The molecule has 0 bridgehead atoms. The van der Waals surface area contributed by atoms with Gasteiger partial charge in [0.15, 0.2) is 0 Å². The molecule has 0 radical (unpaired) electrons. The number of rotatable bonds is 2. The minimum absolute atomic E-state index is 0.230. The second kappa shape index (κ2) is 3.80. The molecular formula is C9H10N2O2. The standard InChI is InChI=1S/C9H10N2O2/c1-6-3-4-7(9(12)13)5-8(6)11-10-2/h3-5H,1-2H3,(H,12,13). The van der Waals surface area contributed by atoms with Crippen molar-refractivity contribution in [3.05, 3.63) is 29.3 Å². The van der Waals surface area contributed by atoms with Gasteiger partial charge in [-0.15, -0.1) is 0 Å². The molecular weight excluding hydrogens is 168 g/mol. The van der Waals surface area contributed by atoms with Crippen LogP contribution in [0.4, 0.5) is 5.69 Å². The number of carboxylic acids is 1. The monoisotopic (exact) mass is 178 g/mol. The molecule has 0 unspecified atom stereocenters. The molecule has 0 heterocycles. The van der Waals surface area contributed by atoms with Gasteiger partial charge in [0.25, 0.3) is 0 Å². The van der Waals surface area contributed by atoms with Crippen LogP contribution in [0.15, 0.2) is 28.4 Å². The molecule has 0 amide bonds. The Morgan fingerprint density at radius 2 is 2.15 bits per heavy atom. The largest absolute Gasteiger partial charge is 0.478 e. The average Bonchev–Trinajstić information content (AvgIpc) is 2.08. The lowest BCUT2D eigenvalue weighted by Gasteiger charge is -1.99. The van der Waals surface area contributed by atoms with Gasteiger partial charge in [0.2, 0.25) is 0 Å². The summed E-state index contributed by atoms with van der Waals surface area (Å²) in [5, 5.41) is 16.1. The van der Waals surface area contributed by atoms with Crippen molar-refractivity contribution in [3.8, 4) is 0 Å². The highest BCUT2D eigenvalue weighted by Gasteiger charge is 2.04. The number of hydrogen-bond donors (Lipinski definition) is 1. The second-order valence-corrected chi connectivity index (χ2v) is 2.61. The van der Waals surface area contributed by atoms with Gasteiger partial charge in [0, 0.05) is 7.05 Å². The summed E-state index contributed by atoms with van der Waals surface area (Å²) in [5.74, 6) is -0.951. The molecule has 0 atom stereocenters. The zero-order valence-electron chi connectivity index (χ0n) is 7.48. The molecule has 4 nitrogen and oxygen atoms in total. The van der Waals surface area contributed by atoms with E-state index in [1.807, 2.05) is 6.92 Å². The van der Waals surface area contributed by atoms with E-state index in [1.54, 1.807) is 19.2 Å². The minimum Gasteiger partial charge on any atom is -0.478 e. The van der Waals surface area contributed by atoms with Crippen molar-refractivity contribution in [2.24, 2.45) is 10.2 Å². The van der Waals surface area contributed by atoms with E-state index in [2.05, 4.69) is 10.2 Å². The Hall–Kier alpha value is -1.71. The van der Waals surface area contributed by atoms with Gasteiger partial charge >= 0.3 is 5.97 Å². The zero-order chi connectivity index (χ0) is 9.84. The third-order valence-electron chi connectivity index (χ3n) is 1.66. The van der Waals surface area contributed by atoms with Crippen molar-refractivity contribution in [1.29, 1.82) is 0 Å². The Labute approximate surface area is 75.9 Å². The van der Waals surface area contributed by atoms with Gasteiger partial charge in [0.05, 0.1) is 11.3 Å². The van der Waals surface area contributed by atoms with Gasteiger partial charge in [-0.2, -0.15) is 10.2 Å². The third kappa shape index (κ3) is 2.11. The SMILES string of the molecule is CN=Nc1cc(C(=O)O)ccc1C. The summed E-state index contributed by atoms with van der Waals surface area (Å²) in [6.07, 6.45) is 0. The summed E-state index contributed by atoms with van der Waals surface area (Å²) in [6, 6.07) is 4.77. The maximum absolute atomic E-state index is 10.6. The molecule has 13 heavy (non-hydrogen) atoms. The van der Waals surface area contributed by atoms with Crippen LogP contribution in [0.25, 0.3) is 0 Å². The van der Waals surface area contributed by atoms with Crippen LogP contribution >= 0.6 is 0 Å². The van der Waals surface area contributed by atoms with Crippen LogP contribution in [-0.4, -0.2) is 18.1 Å². The van der Waals surface area contributed by atoms with Gasteiger partial charge in [-0.1, -0.05) is 6.07 Å². The van der Waals surface area contributed by atoms with Crippen molar-refractivity contribution in [2.75, 3.05) is 7.05 Å². The molecule has 0 saturated heterocycles. The maximum Gasteiger partial charge on any atom is 0.335 e. The lowest BCUT2D eigenvalue weighted by Crippen LogP contribution is -1.95. The lowest BCUT2D eigenvalue weighted by atomic mass is 10.1. The van der Waals surface area contributed by atoms with E-state index in [1.165, 1.54) is 6.07 Å². The van der Waals surface area contributed by atoms with E-state index in [0.717, 1.165) is 5.56 Å². The van der Waals surface area contributed by atoms with Crippen LogP contribution < -0.4 is 0 Å². The van der Waals surface area contributed by atoms with Gasteiger partial charge in [-0.05, 0) is 24.6 Å². The van der Waals surface area contributed by atoms with Crippen LogP contribution in [0.2, 0.25) is 0 Å². The number of carboxylic acid groups (broad SMARTS) is 1. The Balaban J connectivity index is 3.18. The fourth-order valence-corrected chi connectivity index (χ4v) is 0.958. The number of hydrogen-bond acceptors (Lipinski definition) is 3. The van der Waals surface area contributed by atoms with Crippen LogP contribution in [0.1, 0.15) is 15.9 Å². The first-order valence-electron chi connectivity index (χ1n) is 3.79. The van der Waals surface area contributed by atoms with Crippen molar-refractivity contribution < 1.29 is 9.90 Å². The molecule has 0 saturated carbocycles. The molecule has 0 aromatic heterocycles. The van der Waals surface area contributed by atoms with Gasteiger partial charge in [-0.25, -0.2) is 4.79 Å². The molecule has 0 fully saturated rings. The molecule has 1 rings (SSSR count). The molecule has 1 N–H and O–H groups in total.